The summed E-state index contributed by atoms with van der Waals surface area (Å²) >= 11 is 0. The summed E-state index contributed by atoms with van der Waals surface area (Å²) in [5.41, 5.74) is 2.15. The Hall–Kier alpha value is -1.23. The molecule has 1 atom stereocenters. The van der Waals surface area contributed by atoms with E-state index in [4.69, 9.17) is 4.42 Å². The van der Waals surface area contributed by atoms with Gasteiger partial charge in [-0.25, -0.2) is 0 Å². The van der Waals surface area contributed by atoms with Gasteiger partial charge in [0.2, 0.25) is 0 Å². The summed E-state index contributed by atoms with van der Waals surface area (Å²) in [6.07, 6.45) is 6.27. The molecule has 1 aliphatic heterocycles. The number of furan rings is 1. The van der Waals surface area contributed by atoms with Crippen molar-refractivity contribution in [2.75, 3.05) is 13.1 Å². The number of rotatable bonds is 2. The Morgan fingerprint density at radius 1 is 1.29 bits per heavy atom. The molecule has 6 heteroatoms. The van der Waals surface area contributed by atoms with E-state index in [1.165, 1.54) is 29.1 Å². The van der Waals surface area contributed by atoms with Crippen LogP contribution in [-0.4, -0.2) is 22.9 Å². The first-order valence-corrected chi connectivity index (χ1v) is 6.94. The fourth-order valence-corrected chi connectivity index (χ4v) is 3.09. The number of aromatic nitrogens is 2. The molecule has 1 N–H and O–H groups in total. The predicted octanol–water partition coefficient (Wildman–Crippen LogP) is 3.63. The lowest BCUT2D eigenvalue weighted by Gasteiger charge is -2.22. The van der Waals surface area contributed by atoms with Gasteiger partial charge in [-0.2, -0.15) is 5.10 Å². The van der Waals surface area contributed by atoms with Gasteiger partial charge in [0, 0.05) is 17.3 Å². The highest BCUT2D eigenvalue weighted by atomic mass is 35.5. The SMILES string of the molecule is Cl.Cl.c1cc2c(ccc3cnn(CC4CCCNC4)c32)o1. The van der Waals surface area contributed by atoms with Crippen molar-refractivity contribution >= 4 is 46.7 Å². The van der Waals surface area contributed by atoms with Gasteiger partial charge in [0.25, 0.3) is 0 Å². The van der Waals surface area contributed by atoms with Crippen LogP contribution in [0.2, 0.25) is 0 Å². The van der Waals surface area contributed by atoms with Crippen LogP contribution in [0.5, 0.6) is 0 Å². The van der Waals surface area contributed by atoms with E-state index in [1.54, 1.807) is 6.26 Å². The van der Waals surface area contributed by atoms with E-state index < -0.39 is 0 Å². The molecule has 0 spiro atoms. The molecular formula is C15H19Cl2N3O. The summed E-state index contributed by atoms with van der Waals surface area (Å²) < 4.78 is 7.63. The first-order chi connectivity index (χ1) is 9.42. The molecule has 4 nitrogen and oxygen atoms in total. The lowest BCUT2D eigenvalue weighted by molar-refractivity contribution is 0.329. The zero-order chi connectivity index (χ0) is 12.7. The summed E-state index contributed by atoms with van der Waals surface area (Å²) in [6, 6.07) is 6.14. The number of benzene rings is 1. The van der Waals surface area contributed by atoms with Crippen molar-refractivity contribution in [2.24, 2.45) is 5.92 Å². The second kappa shape index (κ2) is 6.69. The molecule has 0 saturated carbocycles. The molecule has 0 radical (unpaired) electrons. The molecule has 3 heterocycles. The van der Waals surface area contributed by atoms with Crippen molar-refractivity contribution in [2.45, 2.75) is 19.4 Å². The fourth-order valence-electron chi connectivity index (χ4n) is 3.09. The van der Waals surface area contributed by atoms with Crippen LogP contribution in [-0.2, 0) is 6.54 Å². The normalized spacial score (nSPS) is 18.4. The fraction of sp³-hybridized carbons (Fsp3) is 0.400. The highest BCUT2D eigenvalue weighted by Crippen LogP contribution is 2.27. The second-order valence-electron chi connectivity index (χ2n) is 5.37. The molecule has 1 unspecified atom stereocenters. The molecule has 3 aromatic rings. The molecule has 114 valence electrons. The monoisotopic (exact) mass is 327 g/mol. The van der Waals surface area contributed by atoms with Crippen LogP contribution in [0.1, 0.15) is 12.8 Å². The highest BCUT2D eigenvalue weighted by molar-refractivity contribution is 6.03. The Bertz CT molecular complexity index is 716. The van der Waals surface area contributed by atoms with Gasteiger partial charge in [0.1, 0.15) is 5.58 Å². The third-order valence-electron chi connectivity index (χ3n) is 4.06. The van der Waals surface area contributed by atoms with Gasteiger partial charge in [0.15, 0.2) is 0 Å². The Morgan fingerprint density at radius 2 is 2.19 bits per heavy atom. The van der Waals surface area contributed by atoms with Crippen LogP contribution >= 0.6 is 24.8 Å². The molecule has 21 heavy (non-hydrogen) atoms. The van der Waals surface area contributed by atoms with Crippen molar-refractivity contribution in [3.05, 3.63) is 30.7 Å². The predicted molar refractivity (Wildman–Crippen MR) is 89.6 cm³/mol. The van der Waals surface area contributed by atoms with E-state index >= 15 is 0 Å². The molecule has 1 fully saturated rings. The van der Waals surface area contributed by atoms with Gasteiger partial charge in [-0.1, -0.05) is 0 Å². The van der Waals surface area contributed by atoms with E-state index in [1.807, 2.05) is 18.3 Å². The van der Waals surface area contributed by atoms with Gasteiger partial charge < -0.3 is 9.73 Å². The summed E-state index contributed by atoms with van der Waals surface area (Å²) in [6.45, 7) is 3.24. The van der Waals surface area contributed by atoms with Crippen molar-refractivity contribution in [3.8, 4) is 0 Å². The maximum atomic E-state index is 5.49. The van der Waals surface area contributed by atoms with Crippen LogP contribution < -0.4 is 5.32 Å². The Labute approximate surface area is 135 Å². The minimum Gasteiger partial charge on any atom is -0.464 e. The summed E-state index contributed by atoms with van der Waals surface area (Å²) in [5, 5.41) is 10.4. The molecule has 0 bridgehead atoms. The number of halogens is 2. The van der Waals surface area contributed by atoms with Gasteiger partial charge in [-0.3, -0.25) is 4.68 Å². The first-order valence-electron chi connectivity index (χ1n) is 6.94. The zero-order valence-corrected chi connectivity index (χ0v) is 13.3. The van der Waals surface area contributed by atoms with E-state index in [-0.39, 0.29) is 24.8 Å². The minimum absolute atomic E-state index is 0. The van der Waals surface area contributed by atoms with Crippen LogP contribution in [0.4, 0.5) is 0 Å². The Morgan fingerprint density at radius 3 is 3.00 bits per heavy atom. The third-order valence-corrected chi connectivity index (χ3v) is 4.06. The van der Waals surface area contributed by atoms with E-state index in [0.29, 0.717) is 5.92 Å². The third kappa shape index (κ3) is 2.89. The minimum atomic E-state index is 0. The summed E-state index contributed by atoms with van der Waals surface area (Å²) in [4.78, 5) is 0. The largest absolute Gasteiger partial charge is 0.464 e. The number of nitrogens with one attached hydrogen (secondary N) is 1. The number of hydrogen-bond donors (Lipinski definition) is 1. The number of piperidine rings is 1. The van der Waals surface area contributed by atoms with Crippen molar-refractivity contribution in [3.63, 3.8) is 0 Å². The molecule has 2 aromatic heterocycles. The number of fused-ring (bicyclic) bond motifs is 3. The average molecular weight is 328 g/mol. The van der Waals surface area contributed by atoms with E-state index in [9.17, 15) is 0 Å². The number of hydrogen-bond acceptors (Lipinski definition) is 3. The average Bonchev–Trinajstić information content (AvgIpc) is 3.06. The van der Waals surface area contributed by atoms with Crippen molar-refractivity contribution < 1.29 is 4.42 Å². The Kier molecular flexibility index (Phi) is 5.14. The van der Waals surface area contributed by atoms with Crippen molar-refractivity contribution in [1.82, 2.24) is 15.1 Å². The topological polar surface area (TPSA) is 43.0 Å². The zero-order valence-electron chi connectivity index (χ0n) is 11.6. The smallest absolute Gasteiger partial charge is 0.136 e. The summed E-state index contributed by atoms with van der Waals surface area (Å²) in [7, 11) is 0. The van der Waals surface area contributed by atoms with Crippen molar-refractivity contribution in [1.29, 1.82) is 0 Å². The standard InChI is InChI=1S/C15H17N3O.2ClH/c1-2-11(8-16-6-1)10-18-15-12(9-17-18)3-4-14-13(15)5-7-19-14;;/h3-5,7,9,11,16H,1-2,6,8,10H2;2*1H. The molecule has 1 saturated heterocycles. The lowest BCUT2D eigenvalue weighted by Crippen LogP contribution is -2.32. The molecule has 4 rings (SSSR count). The second-order valence-corrected chi connectivity index (χ2v) is 5.37. The van der Waals surface area contributed by atoms with Gasteiger partial charge in [-0.15, -0.1) is 24.8 Å². The van der Waals surface area contributed by atoms with Crippen LogP contribution in [0.15, 0.2) is 35.1 Å². The maximum absolute atomic E-state index is 5.49. The maximum Gasteiger partial charge on any atom is 0.136 e. The van der Waals surface area contributed by atoms with Gasteiger partial charge >= 0.3 is 0 Å². The molecule has 0 amide bonds. The first kappa shape index (κ1) is 16.1. The molecule has 1 aliphatic rings. The molecule has 1 aromatic carbocycles. The highest BCUT2D eigenvalue weighted by Gasteiger charge is 2.16. The van der Waals surface area contributed by atoms with Gasteiger partial charge in [-0.05, 0) is 50.0 Å². The Balaban J connectivity index is 0.000000807. The quantitative estimate of drug-likeness (QED) is 0.781. The van der Waals surface area contributed by atoms with Crippen LogP contribution in [0.25, 0.3) is 21.9 Å². The summed E-state index contributed by atoms with van der Waals surface area (Å²) in [5.74, 6) is 0.680. The van der Waals surface area contributed by atoms with Crippen LogP contribution in [0.3, 0.4) is 0 Å². The van der Waals surface area contributed by atoms with Gasteiger partial charge in [0.05, 0.1) is 18.0 Å². The van der Waals surface area contributed by atoms with Crippen LogP contribution in [0, 0.1) is 5.92 Å². The lowest BCUT2D eigenvalue weighted by atomic mass is 10.00. The van der Waals surface area contributed by atoms with E-state index in [0.717, 1.165) is 25.2 Å². The molecular weight excluding hydrogens is 309 g/mol. The van der Waals surface area contributed by atoms with E-state index in [2.05, 4.69) is 21.2 Å². The molecule has 0 aliphatic carbocycles. The number of nitrogens with zero attached hydrogens (tertiary/aromatic N) is 2.